The Labute approximate surface area is 234 Å². The number of rotatable bonds is 23. The molecule has 0 aromatic carbocycles. The van der Waals surface area contributed by atoms with E-state index in [4.69, 9.17) is 0 Å². The Morgan fingerprint density at radius 2 is 1.23 bits per heavy atom. The summed E-state index contributed by atoms with van der Waals surface area (Å²) in [5.74, 6) is -1.25. The fourth-order valence-corrected chi connectivity index (χ4v) is 4.16. The average molecular weight is 553 g/mol. The summed E-state index contributed by atoms with van der Waals surface area (Å²) in [7, 11) is 0. The normalized spacial score (nSPS) is 12.6. The van der Waals surface area contributed by atoms with E-state index in [-0.39, 0.29) is 73.6 Å². The number of amides is 3. The van der Waals surface area contributed by atoms with Gasteiger partial charge in [-0.3, -0.25) is 28.8 Å². The summed E-state index contributed by atoms with van der Waals surface area (Å²) in [6, 6.07) is -1.49. The van der Waals surface area contributed by atoms with Gasteiger partial charge in [-0.15, -0.1) is 0 Å². The summed E-state index contributed by atoms with van der Waals surface area (Å²) in [6.07, 6.45) is 2.60. The fraction of sp³-hybridized carbons (Fsp3) is 0.793. The third kappa shape index (κ3) is 18.3. The van der Waals surface area contributed by atoms with Gasteiger partial charge in [-0.1, -0.05) is 27.7 Å². The van der Waals surface area contributed by atoms with Crippen molar-refractivity contribution in [3.63, 3.8) is 0 Å². The van der Waals surface area contributed by atoms with E-state index in [1.54, 1.807) is 13.8 Å². The monoisotopic (exact) mass is 552 g/mol. The van der Waals surface area contributed by atoms with Crippen molar-refractivity contribution in [2.75, 3.05) is 26.2 Å². The minimum absolute atomic E-state index is 0.0129. The van der Waals surface area contributed by atoms with Gasteiger partial charge in [-0.05, 0) is 58.7 Å². The highest BCUT2D eigenvalue weighted by Gasteiger charge is 2.23. The zero-order valence-corrected chi connectivity index (χ0v) is 25.0. The second-order valence-corrected chi connectivity index (χ2v) is 10.5. The Kier molecular flexibility index (Phi) is 19.8. The molecule has 0 bridgehead atoms. The lowest BCUT2D eigenvalue weighted by atomic mass is 10.0. The Balaban J connectivity index is 4.77. The molecular formula is C29H52N4O6. The third-order valence-corrected chi connectivity index (χ3v) is 6.53. The van der Waals surface area contributed by atoms with Crippen molar-refractivity contribution in [2.24, 2.45) is 5.92 Å². The van der Waals surface area contributed by atoms with Crippen molar-refractivity contribution in [1.29, 1.82) is 0 Å². The predicted molar refractivity (Wildman–Crippen MR) is 152 cm³/mol. The third-order valence-electron chi connectivity index (χ3n) is 6.53. The van der Waals surface area contributed by atoms with E-state index in [0.29, 0.717) is 19.4 Å². The van der Waals surface area contributed by atoms with E-state index in [0.717, 1.165) is 32.5 Å². The van der Waals surface area contributed by atoms with Gasteiger partial charge in [-0.2, -0.15) is 0 Å². The standard InChI is InChI=1S/C29H52N4O6/c1-7-30-27(37)17-15-26(36)24(12-10-11-19-33(8-2)9-3)32-29(39)18-14-25(35)22(6)31-28(38)16-13-23(34)20-21(4)5/h21-22,24H,7-20H2,1-6H3,(H,30,37)(H,31,38)(H,32,39)/t22-,24-/m0/s1. The number of hydrogen-bond acceptors (Lipinski definition) is 7. The van der Waals surface area contributed by atoms with Gasteiger partial charge in [0, 0.05) is 51.5 Å². The molecule has 10 nitrogen and oxygen atoms in total. The van der Waals surface area contributed by atoms with Crippen LogP contribution >= 0.6 is 0 Å². The maximum atomic E-state index is 12.8. The van der Waals surface area contributed by atoms with Gasteiger partial charge in [0.25, 0.3) is 0 Å². The maximum absolute atomic E-state index is 12.8. The number of carbonyl (C=O) groups is 6. The topological polar surface area (TPSA) is 142 Å². The summed E-state index contributed by atoms with van der Waals surface area (Å²) < 4.78 is 0. The highest BCUT2D eigenvalue weighted by molar-refractivity contribution is 5.94. The zero-order valence-electron chi connectivity index (χ0n) is 25.0. The SMILES string of the molecule is CCNC(=O)CCC(=O)[C@H](CCCCN(CC)CC)NC(=O)CCC(=O)[C@H](C)NC(=O)CCC(=O)CC(C)C. The van der Waals surface area contributed by atoms with Crippen LogP contribution in [-0.4, -0.2) is 78.2 Å². The summed E-state index contributed by atoms with van der Waals surface area (Å²) >= 11 is 0. The van der Waals surface area contributed by atoms with Gasteiger partial charge in [0.2, 0.25) is 17.7 Å². The maximum Gasteiger partial charge on any atom is 0.221 e. The van der Waals surface area contributed by atoms with E-state index in [2.05, 4.69) is 34.7 Å². The van der Waals surface area contributed by atoms with Crippen molar-refractivity contribution in [3.05, 3.63) is 0 Å². The van der Waals surface area contributed by atoms with Crippen molar-refractivity contribution in [2.45, 2.75) is 118 Å². The van der Waals surface area contributed by atoms with Crippen LogP contribution in [0, 0.1) is 5.92 Å². The van der Waals surface area contributed by atoms with E-state index in [9.17, 15) is 28.8 Å². The molecule has 0 heterocycles. The summed E-state index contributed by atoms with van der Waals surface area (Å²) in [5, 5.41) is 8.02. The van der Waals surface area contributed by atoms with Crippen LogP contribution in [0.4, 0.5) is 0 Å². The molecule has 0 saturated heterocycles. The number of nitrogens with zero attached hydrogens (tertiary/aromatic N) is 1. The van der Waals surface area contributed by atoms with E-state index in [1.807, 2.05) is 13.8 Å². The van der Waals surface area contributed by atoms with Gasteiger partial charge in [-0.25, -0.2) is 0 Å². The lowest BCUT2D eigenvalue weighted by molar-refractivity contribution is -0.131. The fourth-order valence-electron chi connectivity index (χ4n) is 4.16. The molecule has 10 heteroatoms. The van der Waals surface area contributed by atoms with Gasteiger partial charge in [0.05, 0.1) is 12.1 Å². The zero-order chi connectivity index (χ0) is 29.8. The van der Waals surface area contributed by atoms with E-state index < -0.39 is 18.0 Å². The van der Waals surface area contributed by atoms with Gasteiger partial charge in [0.1, 0.15) is 5.78 Å². The van der Waals surface area contributed by atoms with Crippen molar-refractivity contribution in [1.82, 2.24) is 20.9 Å². The molecule has 0 aliphatic heterocycles. The summed E-state index contributed by atoms with van der Waals surface area (Å²) in [5.41, 5.74) is 0. The molecule has 0 rings (SSSR count). The number of ketones is 3. The lowest BCUT2D eigenvalue weighted by Crippen LogP contribution is -2.42. The molecule has 0 unspecified atom stereocenters. The largest absolute Gasteiger partial charge is 0.356 e. The van der Waals surface area contributed by atoms with Crippen molar-refractivity contribution < 1.29 is 28.8 Å². The van der Waals surface area contributed by atoms with Crippen molar-refractivity contribution >= 4 is 35.1 Å². The van der Waals surface area contributed by atoms with E-state index >= 15 is 0 Å². The molecule has 39 heavy (non-hydrogen) atoms. The Morgan fingerprint density at radius 1 is 0.667 bits per heavy atom. The molecule has 0 aromatic heterocycles. The first-order valence-electron chi connectivity index (χ1n) is 14.6. The van der Waals surface area contributed by atoms with Crippen LogP contribution in [0.25, 0.3) is 0 Å². The lowest BCUT2D eigenvalue weighted by Gasteiger charge is -2.20. The quantitative estimate of drug-likeness (QED) is 0.166. The molecule has 0 saturated carbocycles. The van der Waals surface area contributed by atoms with Gasteiger partial charge in [0.15, 0.2) is 11.6 Å². The van der Waals surface area contributed by atoms with Crippen LogP contribution in [0.2, 0.25) is 0 Å². The second-order valence-electron chi connectivity index (χ2n) is 10.5. The molecule has 0 radical (unpaired) electrons. The molecule has 0 fully saturated rings. The van der Waals surface area contributed by atoms with Crippen LogP contribution in [0.1, 0.15) is 106 Å². The minimum Gasteiger partial charge on any atom is -0.356 e. The molecule has 0 aromatic rings. The first kappa shape index (κ1) is 36.4. The van der Waals surface area contributed by atoms with Crippen LogP contribution < -0.4 is 16.0 Å². The molecule has 2 atom stereocenters. The summed E-state index contributed by atoms with van der Waals surface area (Å²) in [6.45, 7) is 14.7. The Morgan fingerprint density at radius 3 is 1.82 bits per heavy atom. The number of carbonyl (C=O) groups excluding carboxylic acids is 6. The van der Waals surface area contributed by atoms with Crippen LogP contribution in [0.5, 0.6) is 0 Å². The van der Waals surface area contributed by atoms with Gasteiger partial charge < -0.3 is 20.9 Å². The molecular weight excluding hydrogens is 500 g/mol. The number of unbranched alkanes of at least 4 members (excludes halogenated alkanes) is 1. The number of hydrogen-bond donors (Lipinski definition) is 3. The number of nitrogens with one attached hydrogen (secondary N) is 3. The molecule has 0 spiro atoms. The first-order valence-corrected chi connectivity index (χ1v) is 14.6. The summed E-state index contributed by atoms with van der Waals surface area (Å²) in [4.78, 5) is 75.9. The van der Waals surface area contributed by atoms with Crippen LogP contribution in [0.3, 0.4) is 0 Å². The molecule has 0 aliphatic carbocycles. The smallest absolute Gasteiger partial charge is 0.221 e. The Bertz CT molecular complexity index is 795. The Hall–Kier alpha value is -2.62. The second kappa shape index (κ2) is 21.2. The highest BCUT2D eigenvalue weighted by Crippen LogP contribution is 2.09. The average Bonchev–Trinajstić information content (AvgIpc) is 2.88. The van der Waals surface area contributed by atoms with Gasteiger partial charge >= 0.3 is 0 Å². The highest BCUT2D eigenvalue weighted by atomic mass is 16.2. The number of Topliss-reactive ketones (excluding diaryl/α,β-unsaturated/α-hetero) is 3. The van der Waals surface area contributed by atoms with Crippen LogP contribution in [0.15, 0.2) is 0 Å². The molecule has 0 aliphatic rings. The molecule has 224 valence electrons. The first-order chi connectivity index (χ1) is 18.4. The van der Waals surface area contributed by atoms with Crippen LogP contribution in [-0.2, 0) is 28.8 Å². The predicted octanol–water partition coefficient (Wildman–Crippen LogP) is 2.72. The molecule has 3 N–H and O–H groups in total. The molecule has 3 amide bonds. The van der Waals surface area contributed by atoms with Crippen molar-refractivity contribution in [3.8, 4) is 0 Å². The van der Waals surface area contributed by atoms with E-state index in [1.165, 1.54) is 0 Å². The minimum atomic E-state index is -0.778.